The van der Waals surface area contributed by atoms with Crippen LogP contribution in [0.1, 0.15) is 12.8 Å². The highest BCUT2D eigenvalue weighted by Gasteiger charge is 2.23. The van der Waals surface area contributed by atoms with Crippen LogP contribution in [-0.2, 0) is 9.53 Å². The van der Waals surface area contributed by atoms with Crippen molar-refractivity contribution in [2.45, 2.75) is 18.9 Å². The van der Waals surface area contributed by atoms with E-state index >= 15 is 0 Å². The number of nitrogens with one attached hydrogen (secondary N) is 2. The van der Waals surface area contributed by atoms with Crippen LogP contribution in [0.5, 0.6) is 11.6 Å². The van der Waals surface area contributed by atoms with Crippen molar-refractivity contribution in [2.24, 2.45) is 0 Å². The fourth-order valence-corrected chi connectivity index (χ4v) is 2.78. The van der Waals surface area contributed by atoms with Gasteiger partial charge in [-0.15, -0.1) is 0 Å². The molecular formula is C18H17N3O3. The lowest BCUT2D eigenvalue weighted by Gasteiger charge is -2.11. The van der Waals surface area contributed by atoms with Gasteiger partial charge in [0.05, 0.1) is 11.9 Å². The molecule has 2 N–H and O–H groups in total. The number of anilines is 1. The van der Waals surface area contributed by atoms with Crippen molar-refractivity contribution in [3.63, 3.8) is 0 Å². The second-order valence-corrected chi connectivity index (χ2v) is 5.67. The van der Waals surface area contributed by atoms with E-state index < -0.39 is 0 Å². The zero-order valence-corrected chi connectivity index (χ0v) is 13.0. The van der Waals surface area contributed by atoms with Gasteiger partial charge in [0.2, 0.25) is 5.88 Å². The molecule has 1 atom stereocenters. The quantitative estimate of drug-likeness (QED) is 0.771. The minimum atomic E-state index is -0.355. The highest BCUT2D eigenvalue weighted by Crippen LogP contribution is 2.28. The number of benzene rings is 1. The summed E-state index contributed by atoms with van der Waals surface area (Å²) in [7, 11) is 0. The summed E-state index contributed by atoms with van der Waals surface area (Å²) >= 11 is 0. The summed E-state index contributed by atoms with van der Waals surface area (Å²) in [5.41, 5.74) is 1.63. The van der Waals surface area contributed by atoms with Gasteiger partial charge in [-0.05, 0) is 37.1 Å². The number of aromatic amines is 1. The maximum atomic E-state index is 12.0. The van der Waals surface area contributed by atoms with E-state index in [4.69, 9.17) is 9.47 Å². The molecule has 1 unspecified atom stereocenters. The van der Waals surface area contributed by atoms with E-state index in [1.54, 1.807) is 18.3 Å². The van der Waals surface area contributed by atoms with E-state index in [0.717, 1.165) is 29.5 Å². The highest BCUT2D eigenvalue weighted by molar-refractivity contribution is 5.94. The molecule has 6 heteroatoms. The van der Waals surface area contributed by atoms with Crippen molar-refractivity contribution in [1.82, 2.24) is 9.97 Å². The Bertz CT molecular complexity index is 851. The van der Waals surface area contributed by atoms with E-state index in [-0.39, 0.29) is 12.0 Å². The molecule has 1 fully saturated rings. The molecule has 1 aliphatic heterocycles. The SMILES string of the molecule is O=C(Nc1ccc(Oc2cccc3[nH]ccc23)nc1)C1CCCO1. The molecule has 24 heavy (non-hydrogen) atoms. The van der Waals surface area contributed by atoms with Crippen LogP contribution in [-0.4, -0.2) is 28.6 Å². The lowest BCUT2D eigenvalue weighted by atomic mass is 10.2. The summed E-state index contributed by atoms with van der Waals surface area (Å²) in [5, 5.41) is 3.81. The third kappa shape index (κ3) is 2.96. The van der Waals surface area contributed by atoms with Gasteiger partial charge in [-0.2, -0.15) is 0 Å². The molecule has 4 rings (SSSR count). The van der Waals surface area contributed by atoms with Crippen LogP contribution in [0.2, 0.25) is 0 Å². The predicted octanol–water partition coefficient (Wildman–Crippen LogP) is 3.47. The topological polar surface area (TPSA) is 76.2 Å². The summed E-state index contributed by atoms with van der Waals surface area (Å²) in [6.45, 7) is 0.647. The first-order valence-corrected chi connectivity index (χ1v) is 7.92. The second kappa shape index (κ2) is 6.33. The smallest absolute Gasteiger partial charge is 0.253 e. The van der Waals surface area contributed by atoms with Crippen LogP contribution in [0.3, 0.4) is 0 Å². The number of rotatable bonds is 4. The summed E-state index contributed by atoms with van der Waals surface area (Å²) in [6.07, 6.45) is 4.79. The Morgan fingerprint density at radius 1 is 1.29 bits per heavy atom. The minimum Gasteiger partial charge on any atom is -0.438 e. The lowest BCUT2D eigenvalue weighted by molar-refractivity contribution is -0.124. The number of amides is 1. The van der Waals surface area contributed by atoms with Crippen LogP contribution < -0.4 is 10.1 Å². The minimum absolute atomic E-state index is 0.125. The Morgan fingerprint density at radius 2 is 2.25 bits per heavy atom. The number of fused-ring (bicyclic) bond motifs is 1. The first-order valence-electron chi connectivity index (χ1n) is 7.92. The Hall–Kier alpha value is -2.86. The Kier molecular flexibility index (Phi) is 3.88. The van der Waals surface area contributed by atoms with E-state index in [1.807, 2.05) is 30.5 Å². The molecule has 3 aromatic rings. The fourth-order valence-electron chi connectivity index (χ4n) is 2.78. The molecule has 1 aliphatic rings. The van der Waals surface area contributed by atoms with Gasteiger partial charge in [-0.3, -0.25) is 4.79 Å². The van der Waals surface area contributed by atoms with Crippen molar-refractivity contribution in [2.75, 3.05) is 11.9 Å². The maximum absolute atomic E-state index is 12.0. The molecule has 122 valence electrons. The van der Waals surface area contributed by atoms with Crippen molar-refractivity contribution in [1.29, 1.82) is 0 Å². The number of carbonyl (C=O) groups excluding carboxylic acids is 1. The number of H-pyrrole nitrogens is 1. The second-order valence-electron chi connectivity index (χ2n) is 5.67. The van der Waals surface area contributed by atoms with Gasteiger partial charge in [0.1, 0.15) is 11.9 Å². The first kappa shape index (κ1) is 14.7. The van der Waals surface area contributed by atoms with Gasteiger partial charge >= 0.3 is 0 Å². The van der Waals surface area contributed by atoms with E-state index in [0.29, 0.717) is 18.2 Å². The summed E-state index contributed by atoms with van der Waals surface area (Å²) in [6, 6.07) is 11.3. The van der Waals surface area contributed by atoms with Gasteiger partial charge in [-0.1, -0.05) is 6.07 Å². The number of carbonyl (C=O) groups is 1. The highest BCUT2D eigenvalue weighted by atomic mass is 16.5. The fraction of sp³-hybridized carbons (Fsp3) is 0.222. The van der Waals surface area contributed by atoms with Gasteiger partial charge in [0.15, 0.2) is 0 Å². The van der Waals surface area contributed by atoms with Gasteiger partial charge in [-0.25, -0.2) is 4.98 Å². The predicted molar refractivity (Wildman–Crippen MR) is 90.2 cm³/mol. The van der Waals surface area contributed by atoms with E-state index in [1.165, 1.54) is 0 Å². The Balaban J connectivity index is 1.45. The molecule has 0 aliphatic carbocycles. The van der Waals surface area contributed by atoms with Gasteiger partial charge < -0.3 is 19.8 Å². The summed E-state index contributed by atoms with van der Waals surface area (Å²) < 4.78 is 11.2. The molecular weight excluding hydrogens is 306 g/mol. The Morgan fingerprint density at radius 3 is 3.04 bits per heavy atom. The van der Waals surface area contributed by atoms with Crippen molar-refractivity contribution < 1.29 is 14.3 Å². The van der Waals surface area contributed by atoms with Crippen molar-refractivity contribution in [3.8, 4) is 11.6 Å². The van der Waals surface area contributed by atoms with Crippen LogP contribution in [0.4, 0.5) is 5.69 Å². The van der Waals surface area contributed by atoms with E-state index in [9.17, 15) is 4.79 Å². The first-order chi connectivity index (χ1) is 11.8. The zero-order chi connectivity index (χ0) is 16.4. The number of hydrogen-bond donors (Lipinski definition) is 2. The molecule has 1 amide bonds. The van der Waals surface area contributed by atoms with Gasteiger partial charge in [0.25, 0.3) is 5.91 Å². The molecule has 3 heterocycles. The molecule has 6 nitrogen and oxygen atoms in total. The average Bonchev–Trinajstić information content (AvgIpc) is 3.28. The number of pyridine rings is 1. The normalized spacial score (nSPS) is 17.1. The molecule has 0 radical (unpaired) electrons. The zero-order valence-electron chi connectivity index (χ0n) is 13.0. The molecule has 1 aromatic carbocycles. The summed E-state index contributed by atoms with van der Waals surface area (Å²) in [5.74, 6) is 1.08. The maximum Gasteiger partial charge on any atom is 0.253 e. The largest absolute Gasteiger partial charge is 0.438 e. The van der Waals surface area contributed by atoms with Crippen LogP contribution in [0, 0.1) is 0 Å². The Labute approximate surface area is 138 Å². The molecule has 1 saturated heterocycles. The van der Waals surface area contributed by atoms with Crippen LogP contribution in [0.25, 0.3) is 10.9 Å². The molecule has 2 aromatic heterocycles. The molecule has 0 saturated carbocycles. The number of nitrogens with zero attached hydrogens (tertiary/aromatic N) is 1. The average molecular weight is 323 g/mol. The third-order valence-electron chi connectivity index (χ3n) is 4.00. The molecule has 0 bridgehead atoms. The third-order valence-corrected chi connectivity index (χ3v) is 4.00. The summed E-state index contributed by atoms with van der Waals surface area (Å²) in [4.78, 5) is 19.4. The van der Waals surface area contributed by atoms with Crippen molar-refractivity contribution >= 4 is 22.5 Å². The number of hydrogen-bond acceptors (Lipinski definition) is 4. The number of ether oxygens (including phenoxy) is 2. The van der Waals surface area contributed by atoms with Crippen molar-refractivity contribution in [3.05, 3.63) is 48.8 Å². The van der Waals surface area contributed by atoms with E-state index in [2.05, 4.69) is 15.3 Å². The molecule has 0 spiro atoms. The standard InChI is InChI=1S/C18H17N3O3/c22-18(16-5-2-10-23-16)21-12-6-7-17(20-11-12)24-15-4-1-3-14-13(15)8-9-19-14/h1,3-4,6-9,11,16,19H,2,5,10H2,(H,21,22). The lowest BCUT2D eigenvalue weighted by Crippen LogP contribution is -2.26. The van der Waals surface area contributed by atoms with Crippen LogP contribution >= 0.6 is 0 Å². The van der Waals surface area contributed by atoms with Crippen LogP contribution in [0.15, 0.2) is 48.8 Å². The number of aromatic nitrogens is 2. The van der Waals surface area contributed by atoms with Gasteiger partial charge in [0, 0.05) is 29.8 Å². The monoisotopic (exact) mass is 323 g/mol.